The fourth-order valence-corrected chi connectivity index (χ4v) is 2.21. The van der Waals surface area contributed by atoms with Crippen molar-refractivity contribution < 1.29 is 17.9 Å². The maximum atomic E-state index is 12.7. The SMILES string of the molecule is COc1nc2[nH]c(C(F)(F)F)nc2nc1Nc1ccc(I)cc1. The first-order valence-corrected chi connectivity index (χ1v) is 7.36. The normalized spacial score (nSPS) is 11.7. The number of imidazole rings is 1. The highest BCUT2D eigenvalue weighted by Crippen LogP contribution is 2.30. The van der Waals surface area contributed by atoms with Gasteiger partial charge in [0.05, 0.1) is 7.11 Å². The van der Waals surface area contributed by atoms with Crippen LogP contribution in [-0.4, -0.2) is 27.0 Å². The van der Waals surface area contributed by atoms with E-state index in [0.717, 1.165) is 3.57 Å². The number of hydrogen-bond donors (Lipinski definition) is 2. The Balaban J connectivity index is 2.03. The van der Waals surface area contributed by atoms with Crippen molar-refractivity contribution in [2.45, 2.75) is 6.18 Å². The molecule has 3 aromatic rings. The number of halogens is 4. The number of anilines is 2. The standard InChI is InChI=1S/C13H9F3IN5O/c1-23-11-10(18-7-4-2-6(17)3-5-7)19-8-9(20-11)22-12(21-8)13(14,15)16/h2-5H,1H3,(H2,18,19,20,21,22). The minimum absolute atomic E-state index is 0.0634. The smallest absolute Gasteiger partial charge is 0.449 e. The van der Waals surface area contributed by atoms with Crippen molar-refractivity contribution in [3.05, 3.63) is 33.7 Å². The van der Waals surface area contributed by atoms with Gasteiger partial charge in [-0.3, -0.25) is 0 Å². The van der Waals surface area contributed by atoms with Crippen LogP contribution in [0.2, 0.25) is 0 Å². The van der Waals surface area contributed by atoms with E-state index >= 15 is 0 Å². The van der Waals surface area contributed by atoms with Gasteiger partial charge >= 0.3 is 6.18 Å². The van der Waals surface area contributed by atoms with Crippen molar-refractivity contribution in [1.82, 2.24) is 19.9 Å². The van der Waals surface area contributed by atoms with Crippen LogP contribution in [0.3, 0.4) is 0 Å². The second-order valence-corrected chi connectivity index (χ2v) is 5.71. The summed E-state index contributed by atoms with van der Waals surface area (Å²) in [6, 6.07) is 7.35. The number of aromatic amines is 1. The van der Waals surface area contributed by atoms with Crippen LogP contribution in [0.4, 0.5) is 24.7 Å². The summed E-state index contributed by atoms with van der Waals surface area (Å²) in [5.74, 6) is -0.907. The highest BCUT2D eigenvalue weighted by atomic mass is 127. The molecule has 120 valence electrons. The van der Waals surface area contributed by atoms with Gasteiger partial charge in [-0.15, -0.1) is 0 Å². The highest BCUT2D eigenvalue weighted by Gasteiger charge is 2.35. The number of rotatable bonds is 3. The third kappa shape index (κ3) is 3.30. The summed E-state index contributed by atoms with van der Waals surface area (Å²) in [5, 5.41) is 2.95. The lowest BCUT2D eigenvalue weighted by molar-refractivity contribution is -0.144. The van der Waals surface area contributed by atoms with Gasteiger partial charge in [-0.2, -0.15) is 18.2 Å². The molecule has 0 unspecified atom stereocenters. The number of hydrogen-bond acceptors (Lipinski definition) is 5. The van der Waals surface area contributed by atoms with Crippen LogP contribution in [0.5, 0.6) is 5.88 Å². The molecule has 0 amide bonds. The molecule has 0 spiro atoms. The van der Waals surface area contributed by atoms with E-state index in [1.54, 1.807) is 12.1 Å². The van der Waals surface area contributed by atoms with Gasteiger partial charge in [-0.05, 0) is 46.9 Å². The van der Waals surface area contributed by atoms with Gasteiger partial charge in [0.2, 0.25) is 5.82 Å². The fraction of sp³-hybridized carbons (Fsp3) is 0.154. The third-order valence-electron chi connectivity index (χ3n) is 2.87. The van der Waals surface area contributed by atoms with Gasteiger partial charge in [0, 0.05) is 9.26 Å². The van der Waals surface area contributed by atoms with Crippen LogP contribution in [0, 0.1) is 3.57 Å². The molecule has 0 bridgehead atoms. The van der Waals surface area contributed by atoms with Gasteiger partial charge in [0.25, 0.3) is 5.88 Å². The van der Waals surface area contributed by atoms with Crippen LogP contribution >= 0.6 is 22.6 Å². The van der Waals surface area contributed by atoms with E-state index in [-0.39, 0.29) is 23.0 Å². The van der Waals surface area contributed by atoms with Crippen molar-refractivity contribution in [3.8, 4) is 5.88 Å². The van der Waals surface area contributed by atoms with E-state index in [4.69, 9.17) is 4.74 Å². The Morgan fingerprint density at radius 2 is 1.83 bits per heavy atom. The van der Waals surface area contributed by atoms with E-state index < -0.39 is 12.0 Å². The fourth-order valence-electron chi connectivity index (χ4n) is 1.85. The summed E-state index contributed by atoms with van der Waals surface area (Å²) in [4.78, 5) is 13.5. The molecule has 2 N–H and O–H groups in total. The molecule has 0 atom stereocenters. The molecule has 0 saturated carbocycles. The molecule has 0 aliphatic carbocycles. The first kappa shape index (κ1) is 15.8. The minimum atomic E-state index is -4.60. The third-order valence-corrected chi connectivity index (χ3v) is 3.59. The molecule has 10 heteroatoms. The van der Waals surface area contributed by atoms with Crippen LogP contribution < -0.4 is 10.1 Å². The van der Waals surface area contributed by atoms with Crippen LogP contribution in [0.1, 0.15) is 5.82 Å². The van der Waals surface area contributed by atoms with Crippen LogP contribution in [-0.2, 0) is 6.18 Å². The molecular weight excluding hydrogens is 426 g/mol. The number of fused-ring (bicyclic) bond motifs is 1. The number of methoxy groups -OCH3 is 1. The molecule has 2 aromatic heterocycles. The zero-order chi connectivity index (χ0) is 16.6. The summed E-state index contributed by atoms with van der Waals surface area (Å²) < 4.78 is 44.2. The van der Waals surface area contributed by atoms with E-state index in [1.165, 1.54) is 7.11 Å². The second-order valence-electron chi connectivity index (χ2n) is 4.47. The number of benzene rings is 1. The van der Waals surface area contributed by atoms with Crippen LogP contribution in [0.15, 0.2) is 24.3 Å². The predicted octanol–water partition coefficient (Wildman–Crippen LogP) is 3.73. The molecule has 0 saturated heterocycles. The first-order chi connectivity index (χ1) is 10.9. The Labute approximate surface area is 141 Å². The molecule has 6 nitrogen and oxygen atoms in total. The lowest BCUT2D eigenvalue weighted by Gasteiger charge is -2.08. The summed E-state index contributed by atoms with van der Waals surface area (Å²) >= 11 is 2.16. The van der Waals surface area contributed by atoms with Gasteiger partial charge in [0.15, 0.2) is 17.1 Å². The topological polar surface area (TPSA) is 75.7 Å². The Morgan fingerprint density at radius 1 is 1.13 bits per heavy atom. The van der Waals surface area contributed by atoms with Crippen molar-refractivity contribution in [2.75, 3.05) is 12.4 Å². The average Bonchev–Trinajstić information content (AvgIpc) is 2.92. The zero-order valence-corrected chi connectivity index (χ0v) is 13.7. The summed E-state index contributed by atoms with van der Waals surface area (Å²) in [6.45, 7) is 0. The van der Waals surface area contributed by atoms with Crippen molar-refractivity contribution in [2.24, 2.45) is 0 Å². The van der Waals surface area contributed by atoms with Crippen molar-refractivity contribution in [3.63, 3.8) is 0 Å². The van der Waals surface area contributed by atoms with Crippen molar-refractivity contribution >= 4 is 45.4 Å². The molecule has 0 aliphatic rings. The van der Waals surface area contributed by atoms with E-state index in [2.05, 4.69) is 47.8 Å². The molecule has 1 aromatic carbocycles. The summed E-state index contributed by atoms with van der Waals surface area (Å²) in [5.41, 5.74) is 0.456. The molecule has 0 radical (unpaired) electrons. The molecule has 3 rings (SSSR count). The zero-order valence-electron chi connectivity index (χ0n) is 11.6. The van der Waals surface area contributed by atoms with Crippen molar-refractivity contribution in [1.29, 1.82) is 0 Å². The van der Waals surface area contributed by atoms with Gasteiger partial charge in [0.1, 0.15) is 0 Å². The minimum Gasteiger partial charge on any atom is -0.478 e. The summed E-state index contributed by atoms with van der Waals surface area (Å²) in [6.07, 6.45) is -4.60. The number of ether oxygens (including phenoxy) is 1. The van der Waals surface area contributed by atoms with E-state index in [0.29, 0.717) is 5.69 Å². The Kier molecular flexibility index (Phi) is 4.00. The molecular formula is C13H9F3IN5O. The lowest BCUT2D eigenvalue weighted by atomic mass is 10.3. The number of nitrogens with one attached hydrogen (secondary N) is 2. The average molecular weight is 435 g/mol. The molecule has 23 heavy (non-hydrogen) atoms. The van der Waals surface area contributed by atoms with Crippen LogP contribution in [0.25, 0.3) is 11.3 Å². The van der Waals surface area contributed by atoms with E-state index in [9.17, 15) is 13.2 Å². The highest BCUT2D eigenvalue weighted by molar-refractivity contribution is 14.1. The van der Waals surface area contributed by atoms with Gasteiger partial charge < -0.3 is 15.0 Å². The lowest BCUT2D eigenvalue weighted by Crippen LogP contribution is -2.06. The Morgan fingerprint density at radius 3 is 2.43 bits per heavy atom. The number of aromatic nitrogens is 4. The maximum Gasteiger partial charge on any atom is 0.449 e. The number of H-pyrrole nitrogens is 1. The largest absolute Gasteiger partial charge is 0.478 e. The molecule has 0 fully saturated rings. The monoisotopic (exact) mass is 435 g/mol. The van der Waals surface area contributed by atoms with E-state index in [1.807, 2.05) is 12.1 Å². The first-order valence-electron chi connectivity index (χ1n) is 6.28. The summed E-state index contributed by atoms with van der Waals surface area (Å²) in [7, 11) is 1.36. The van der Waals surface area contributed by atoms with Gasteiger partial charge in [-0.1, -0.05) is 0 Å². The Hall–Kier alpha value is -2.11. The van der Waals surface area contributed by atoms with Gasteiger partial charge in [-0.25, -0.2) is 9.97 Å². The second kappa shape index (κ2) is 5.83. The molecule has 2 heterocycles. The number of nitrogens with zero attached hydrogens (tertiary/aromatic N) is 3. The Bertz CT molecular complexity index is 847. The predicted molar refractivity (Wildman–Crippen MR) is 85.7 cm³/mol. The number of alkyl halides is 3. The maximum absolute atomic E-state index is 12.7. The molecule has 0 aliphatic heterocycles. The quantitative estimate of drug-likeness (QED) is 0.614.